The van der Waals surface area contributed by atoms with Gasteiger partial charge in [0.2, 0.25) is 10.0 Å². The predicted molar refractivity (Wildman–Crippen MR) is 87.3 cm³/mol. The van der Waals surface area contributed by atoms with Crippen LogP contribution in [0.5, 0.6) is 5.75 Å². The number of piperazine rings is 1. The number of carbonyl (C=O) groups is 1. The molecule has 0 saturated carbocycles. The molecule has 0 bridgehead atoms. The molecular weight excluding hydrogens is 318 g/mol. The summed E-state index contributed by atoms with van der Waals surface area (Å²) in [7, 11) is -3.18. The number of hydrogen-bond donors (Lipinski definition) is 1. The topological polar surface area (TPSA) is 79.0 Å². The molecular formula is C15H21N3O4S. The number of benzene rings is 1. The Morgan fingerprint density at radius 2 is 2.00 bits per heavy atom. The molecule has 0 spiro atoms. The van der Waals surface area contributed by atoms with Gasteiger partial charge in [0.1, 0.15) is 5.75 Å². The number of nitrogens with one attached hydrogen (secondary N) is 1. The summed E-state index contributed by atoms with van der Waals surface area (Å²) in [6.45, 7) is 3.76. The minimum atomic E-state index is -3.18. The van der Waals surface area contributed by atoms with Crippen LogP contribution in [-0.4, -0.2) is 62.2 Å². The van der Waals surface area contributed by atoms with E-state index in [9.17, 15) is 13.2 Å². The first-order chi connectivity index (χ1) is 11.0. The summed E-state index contributed by atoms with van der Waals surface area (Å²) in [5.74, 6) is 0.914. The van der Waals surface area contributed by atoms with Crippen LogP contribution < -0.4 is 10.1 Å². The number of amides is 2. The van der Waals surface area contributed by atoms with E-state index in [4.69, 9.17) is 4.74 Å². The Balaban J connectivity index is 1.62. The highest BCUT2D eigenvalue weighted by molar-refractivity contribution is 7.89. The molecule has 1 N–H and O–H groups in total. The van der Waals surface area contributed by atoms with Crippen molar-refractivity contribution in [3.63, 3.8) is 0 Å². The van der Waals surface area contributed by atoms with Crippen molar-refractivity contribution in [3.05, 3.63) is 23.8 Å². The molecule has 2 heterocycles. The van der Waals surface area contributed by atoms with Crippen molar-refractivity contribution in [2.75, 3.05) is 43.9 Å². The summed E-state index contributed by atoms with van der Waals surface area (Å²) >= 11 is 0. The van der Waals surface area contributed by atoms with Crippen molar-refractivity contribution < 1.29 is 17.9 Å². The molecule has 3 rings (SSSR count). The van der Waals surface area contributed by atoms with Crippen molar-refractivity contribution in [1.82, 2.24) is 9.21 Å². The van der Waals surface area contributed by atoms with E-state index in [0.29, 0.717) is 32.8 Å². The highest BCUT2D eigenvalue weighted by atomic mass is 32.2. The molecule has 1 saturated heterocycles. The van der Waals surface area contributed by atoms with Crippen LogP contribution in [0.2, 0.25) is 0 Å². The van der Waals surface area contributed by atoms with Crippen molar-refractivity contribution in [2.45, 2.75) is 13.3 Å². The lowest BCUT2D eigenvalue weighted by Crippen LogP contribution is -2.51. The van der Waals surface area contributed by atoms with Gasteiger partial charge in [0.05, 0.1) is 12.4 Å². The van der Waals surface area contributed by atoms with Crippen molar-refractivity contribution in [1.29, 1.82) is 0 Å². The van der Waals surface area contributed by atoms with Gasteiger partial charge in [-0.15, -0.1) is 0 Å². The minimum Gasteiger partial charge on any atom is -0.493 e. The van der Waals surface area contributed by atoms with Crippen LogP contribution in [0, 0.1) is 0 Å². The van der Waals surface area contributed by atoms with Gasteiger partial charge < -0.3 is 15.0 Å². The van der Waals surface area contributed by atoms with Crippen LogP contribution in [0.4, 0.5) is 10.5 Å². The number of fused-ring (bicyclic) bond motifs is 1. The van der Waals surface area contributed by atoms with Gasteiger partial charge in [-0.3, -0.25) is 0 Å². The molecule has 1 aromatic carbocycles. The fourth-order valence-corrected chi connectivity index (χ4v) is 3.97. The van der Waals surface area contributed by atoms with Gasteiger partial charge in [-0.25, -0.2) is 13.2 Å². The maximum Gasteiger partial charge on any atom is 0.321 e. The summed E-state index contributed by atoms with van der Waals surface area (Å²) in [6.07, 6.45) is 0.786. The average Bonchev–Trinajstić information content (AvgIpc) is 3.04. The van der Waals surface area contributed by atoms with Gasteiger partial charge in [0.15, 0.2) is 0 Å². The largest absolute Gasteiger partial charge is 0.493 e. The minimum absolute atomic E-state index is 0.0926. The molecule has 0 atom stereocenters. The predicted octanol–water partition coefficient (Wildman–Crippen LogP) is 1.12. The Bertz CT molecular complexity index is 697. The molecule has 126 valence electrons. The molecule has 7 nitrogen and oxygen atoms in total. The zero-order chi connectivity index (χ0) is 16.4. The van der Waals surface area contributed by atoms with Gasteiger partial charge in [0, 0.05) is 43.9 Å². The van der Waals surface area contributed by atoms with Crippen molar-refractivity contribution in [3.8, 4) is 5.75 Å². The Hall–Kier alpha value is -1.80. The van der Waals surface area contributed by atoms with Gasteiger partial charge in [-0.05, 0) is 19.1 Å². The molecule has 1 fully saturated rings. The van der Waals surface area contributed by atoms with E-state index in [1.807, 2.05) is 18.2 Å². The average molecular weight is 339 g/mol. The number of anilines is 1. The lowest BCUT2D eigenvalue weighted by Gasteiger charge is -2.33. The Morgan fingerprint density at radius 1 is 1.26 bits per heavy atom. The molecule has 2 aliphatic heterocycles. The lowest BCUT2D eigenvalue weighted by atomic mass is 10.1. The van der Waals surface area contributed by atoms with E-state index in [-0.39, 0.29) is 11.8 Å². The molecule has 0 aromatic heterocycles. The fourth-order valence-electron chi connectivity index (χ4n) is 2.89. The number of sulfonamides is 1. The summed E-state index contributed by atoms with van der Waals surface area (Å²) in [6, 6.07) is 5.42. The number of nitrogens with zero attached hydrogens (tertiary/aromatic N) is 2. The van der Waals surface area contributed by atoms with Gasteiger partial charge in [0.25, 0.3) is 0 Å². The number of ether oxygens (including phenoxy) is 1. The van der Waals surface area contributed by atoms with Gasteiger partial charge in [-0.1, -0.05) is 6.07 Å². The van der Waals surface area contributed by atoms with E-state index in [0.717, 1.165) is 23.4 Å². The van der Waals surface area contributed by atoms with Gasteiger partial charge >= 0.3 is 6.03 Å². The van der Waals surface area contributed by atoms with E-state index in [1.54, 1.807) is 11.8 Å². The Kier molecular flexibility index (Phi) is 4.45. The maximum absolute atomic E-state index is 12.4. The molecule has 2 amide bonds. The standard InChI is InChI=1S/C15H21N3O4S/c1-2-23(20,21)18-9-7-17(8-10-18)15(19)16-13-4-3-5-14-12(13)6-11-22-14/h3-5H,2,6-11H2,1H3,(H,16,19). The Labute approximate surface area is 136 Å². The maximum atomic E-state index is 12.4. The SMILES string of the molecule is CCS(=O)(=O)N1CCN(C(=O)Nc2cccc3c2CCO3)CC1. The molecule has 0 radical (unpaired) electrons. The smallest absolute Gasteiger partial charge is 0.321 e. The van der Waals surface area contributed by atoms with E-state index in [2.05, 4.69) is 5.32 Å². The normalized spacial score (nSPS) is 18.4. The van der Waals surface area contributed by atoms with Crippen LogP contribution in [0.25, 0.3) is 0 Å². The van der Waals surface area contributed by atoms with E-state index < -0.39 is 10.0 Å². The summed E-state index contributed by atoms with van der Waals surface area (Å²) < 4.78 is 30.6. The fraction of sp³-hybridized carbons (Fsp3) is 0.533. The number of urea groups is 1. The van der Waals surface area contributed by atoms with Crippen LogP contribution in [0.15, 0.2) is 18.2 Å². The number of carbonyl (C=O) groups excluding carboxylic acids is 1. The monoisotopic (exact) mass is 339 g/mol. The second kappa shape index (κ2) is 6.37. The van der Waals surface area contributed by atoms with Crippen molar-refractivity contribution in [2.24, 2.45) is 0 Å². The van der Waals surface area contributed by atoms with Crippen molar-refractivity contribution >= 4 is 21.7 Å². The van der Waals surface area contributed by atoms with Crippen LogP contribution in [-0.2, 0) is 16.4 Å². The second-order valence-corrected chi connectivity index (χ2v) is 7.86. The molecule has 2 aliphatic rings. The second-order valence-electron chi connectivity index (χ2n) is 5.60. The zero-order valence-corrected chi connectivity index (χ0v) is 13.9. The molecule has 23 heavy (non-hydrogen) atoms. The first kappa shape index (κ1) is 16.1. The summed E-state index contributed by atoms with van der Waals surface area (Å²) in [5.41, 5.74) is 1.79. The van der Waals surface area contributed by atoms with Gasteiger partial charge in [-0.2, -0.15) is 4.31 Å². The Morgan fingerprint density at radius 3 is 2.70 bits per heavy atom. The highest BCUT2D eigenvalue weighted by Gasteiger charge is 2.28. The first-order valence-corrected chi connectivity index (χ1v) is 9.40. The molecule has 1 aromatic rings. The van der Waals surface area contributed by atoms with E-state index in [1.165, 1.54) is 4.31 Å². The third-order valence-electron chi connectivity index (χ3n) is 4.27. The van der Waals surface area contributed by atoms with E-state index >= 15 is 0 Å². The number of hydrogen-bond acceptors (Lipinski definition) is 4. The van der Waals surface area contributed by atoms with Crippen LogP contribution >= 0.6 is 0 Å². The third kappa shape index (κ3) is 3.28. The third-order valence-corrected chi connectivity index (χ3v) is 6.15. The highest BCUT2D eigenvalue weighted by Crippen LogP contribution is 2.31. The zero-order valence-electron chi connectivity index (χ0n) is 13.1. The summed E-state index contributed by atoms with van der Waals surface area (Å²) in [4.78, 5) is 14.0. The summed E-state index contributed by atoms with van der Waals surface area (Å²) in [5, 5.41) is 2.92. The molecule has 8 heteroatoms. The molecule has 0 unspecified atom stereocenters. The quantitative estimate of drug-likeness (QED) is 0.895. The van der Waals surface area contributed by atoms with Crippen LogP contribution in [0.1, 0.15) is 12.5 Å². The van der Waals surface area contributed by atoms with Crippen LogP contribution in [0.3, 0.4) is 0 Å². The lowest BCUT2D eigenvalue weighted by molar-refractivity contribution is 0.184. The molecule has 0 aliphatic carbocycles. The first-order valence-electron chi connectivity index (χ1n) is 7.79. The number of rotatable bonds is 3.